The predicted molar refractivity (Wildman–Crippen MR) is 73.8 cm³/mol. The van der Waals surface area contributed by atoms with Crippen molar-refractivity contribution in [3.8, 4) is 0 Å². The number of rotatable bonds is 6. The van der Waals surface area contributed by atoms with Crippen LogP contribution in [-0.2, 0) is 4.79 Å². The maximum absolute atomic E-state index is 11.5. The summed E-state index contributed by atoms with van der Waals surface area (Å²) in [6.45, 7) is 2.08. The maximum Gasteiger partial charge on any atom is 0.234 e. The summed E-state index contributed by atoms with van der Waals surface area (Å²) in [5, 5.41) is 12.0. The van der Waals surface area contributed by atoms with Crippen molar-refractivity contribution in [3.05, 3.63) is 28.8 Å². The van der Waals surface area contributed by atoms with Gasteiger partial charge in [-0.1, -0.05) is 17.7 Å². The number of carbonyl (C=O) groups is 1. The highest BCUT2D eigenvalue weighted by Gasteiger charge is 2.03. The first-order valence-corrected chi connectivity index (χ1v) is 6.91. The van der Waals surface area contributed by atoms with Crippen LogP contribution in [0.15, 0.2) is 18.2 Å². The zero-order valence-electron chi connectivity index (χ0n) is 9.70. The minimum absolute atomic E-state index is 0.0483. The number of hydrogen-bond donors (Lipinski definition) is 2. The summed E-state index contributed by atoms with van der Waals surface area (Å²) in [4.78, 5) is 11.5. The van der Waals surface area contributed by atoms with Crippen LogP contribution in [0.4, 0.5) is 5.69 Å². The van der Waals surface area contributed by atoms with E-state index in [0.29, 0.717) is 22.9 Å². The van der Waals surface area contributed by atoms with Gasteiger partial charge in [-0.05, 0) is 36.8 Å². The lowest BCUT2D eigenvalue weighted by molar-refractivity contribution is -0.113. The molecule has 0 saturated heterocycles. The third-order valence-electron chi connectivity index (χ3n) is 2.14. The van der Waals surface area contributed by atoms with Gasteiger partial charge < -0.3 is 10.4 Å². The van der Waals surface area contributed by atoms with Crippen molar-refractivity contribution in [2.75, 3.05) is 23.4 Å². The van der Waals surface area contributed by atoms with Gasteiger partial charge in [0.15, 0.2) is 0 Å². The van der Waals surface area contributed by atoms with Crippen LogP contribution in [0.25, 0.3) is 0 Å². The smallest absolute Gasteiger partial charge is 0.234 e. The van der Waals surface area contributed by atoms with E-state index in [1.54, 1.807) is 6.07 Å². The van der Waals surface area contributed by atoms with E-state index in [1.165, 1.54) is 11.8 Å². The molecule has 1 amide bonds. The minimum Gasteiger partial charge on any atom is -0.396 e. The Kier molecular flexibility index (Phi) is 6.40. The molecular formula is C12H16ClNO2S. The summed E-state index contributed by atoms with van der Waals surface area (Å²) >= 11 is 7.47. The first-order valence-electron chi connectivity index (χ1n) is 5.38. The molecule has 94 valence electrons. The summed E-state index contributed by atoms with van der Waals surface area (Å²) < 4.78 is 0. The van der Waals surface area contributed by atoms with Crippen molar-refractivity contribution in [3.63, 3.8) is 0 Å². The quantitative estimate of drug-likeness (QED) is 0.784. The maximum atomic E-state index is 11.5. The Morgan fingerprint density at radius 2 is 2.29 bits per heavy atom. The molecule has 0 bridgehead atoms. The SMILES string of the molecule is Cc1ccc(NC(=O)CSCCCO)cc1Cl. The molecule has 1 aromatic rings. The average Bonchev–Trinajstić information content (AvgIpc) is 2.30. The molecule has 0 aliphatic carbocycles. The Bertz CT molecular complexity index is 385. The van der Waals surface area contributed by atoms with Crippen molar-refractivity contribution >= 4 is 35.0 Å². The number of nitrogens with one attached hydrogen (secondary N) is 1. The molecule has 0 unspecified atom stereocenters. The van der Waals surface area contributed by atoms with Gasteiger partial charge >= 0.3 is 0 Å². The van der Waals surface area contributed by atoms with Crippen molar-refractivity contribution in [2.45, 2.75) is 13.3 Å². The van der Waals surface area contributed by atoms with Gasteiger partial charge in [-0.3, -0.25) is 4.79 Å². The van der Waals surface area contributed by atoms with Crippen molar-refractivity contribution in [1.82, 2.24) is 0 Å². The zero-order chi connectivity index (χ0) is 12.7. The third-order valence-corrected chi connectivity index (χ3v) is 3.59. The molecule has 0 atom stereocenters. The summed E-state index contributed by atoms with van der Waals surface area (Å²) in [6, 6.07) is 5.45. The first kappa shape index (κ1) is 14.4. The van der Waals surface area contributed by atoms with Gasteiger partial charge in [0, 0.05) is 17.3 Å². The second-order valence-electron chi connectivity index (χ2n) is 3.64. The van der Waals surface area contributed by atoms with Crippen LogP contribution < -0.4 is 5.32 Å². The average molecular weight is 274 g/mol. The highest BCUT2D eigenvalue weighted by Crippen LogP contribution is 2.20. The molecule has 0 aromatic heterocycles. The van der Waals surface area contributed by atoms with Gasteiger partial charge in [0.05, 0.1) is 5.75 Å². The molecule has 1 aromatic carbocycles. The van der Waals surface area contributed by atoms with E-state index in [9.17, 15) is 4.79 Å². The van der Waals surface area contributed by atoms with Crippen molar-refractivity contribution in [1.29, 1.82) is 0 Å². The monoisotopic (exact) mass is 273 g/mol. The van der Waals surface area contributed by atoms with E-state index in [1.807, 2.05) is 19.1 Å². The van der Waals surface area contributed by atoms with E-state index in [0.717, 1.165) is 11.3 Å². The second-order valence-corrected chi connectivity index (χ2v) is 5.15. The van der Waals surface area contributed by atoms with Crippen molar-refractivity contribution < 1.29 is 9.90 Å². The molecule has 0 heterocycles. The van der Waals surface area contributed by atoms with Crippen LogP contribution in [0.1, 0.15) is 12.0 Å². The molecule has 0 aliphatic rings. The number of aliphatic hydroxyl groups is 1. The fourth-order valence-corrected chi connectivity index (χ4v) is 2.11. The van der Waals surface area contributed by atoms with Crippen LogP contribution in [-0.4, -0.2) is 29.1 Å². The molecule has 17 heavy (non-hydrogen) atoms. The molecule has 0 saturated carbocycles. The summed E-state index contributed by atoms with van der Waals surface area (Å²) in [5.41, 5.74) is 1.70. The highest BCUT2D eigenvalue weighted by molar-refractivity contribution is 7.99. The van der Waals surface area contributed by atoms with E-state index in [-0.39, 0.29) is 12.5 Å². The molecule has 0 aliphatic heterocycles. The summed E-state index contributed by atoms with van der Waals surface area (Å²) in [7, 11) is 0. The Labute approximate surface area is 111 Å². The largest absolute Gasteiger partial charge is 0.396 e. The number of carbonyl (C=O) groups excluding carboxylic acids is 1. The number of thioether (sulfide) groups is 1. The van der Waals surface area contributed by atoms with Gasteiger partial charge in [-0.25, -0.2) is 0 Å². The van der Waals surface area contributed by atoms with Crippen LogP contribution in [0.3, 0.4) is 0 Å². The minimum atomic E-state index is -0.0483. The van der Waals surface area contributed by atoms with Crippen LogP contribution in [0, 0.1) is 6.92 Å². The Morgan fingerprint density at radius 1 is 1.53 bits per heavy atom. The fourth-order valence-electron chi connectivity index (χ4n) is 1.20. The van der Waals surface area contributed by atoms with Crippen LogP contribution in [0.5, 0.6) is 0 Å². The second kappa shape index (κ2) is 7.58. The number of aliphatic hydroxyl groups excluding tert-OH is 1. The molecule has 0 fully saturated rings. The number of anilines is 1. The normalized spacial score (nSPS) is 10.3. The number of aryl methyl sites for hydroxylation is 1. The number of halogens is 1. The van der Waals surface area contributed by atoms with E-state index < -0.39 is 0 Å². The predicted octanol–water partition coefficient (Wildman–Crippen LogP) is 2.70. The Morgan fingerprint density at radius 3 is 2.94 bits per heavy atom. The highest BCUT2D eigenvalue weighted by atomic mass is 35.5. The van der Waals surface area contributed by atoms with Gasteiger partial charge in [0.25, 0.3) is 0 Å². The lowest BCUT2D eigenvalue weighted by Gasteiger charge is -2.06. The van der Waals surface area contributed by atoms with Gasteiger partial charge in [0.2, 0.25) is 5.91 Å². The van der Waals surface area contributed by atoms with Crippen LogP contribution >= 0.6 is 23.4 Å². The van der Waals surface area contributed by atoms with Crippen LogP contribution in [0.2, 0.25) is 5.02 Å². The molecule has 5 heteroatoms. The van der Waals surface area contributed by atoms with E-state index in [2.05, 4.69) is 5.32 Å². The lowest BCUT2D eigenvalue weighted by Crippen LogP contribution is -2.14. The molecule has 0 spiro atoms. The van der Waals surface area contributed by atoms with Gasteiger partial charge in [-0.15, -0.1) is 0 Å². The Hall–Kier alpha value is -0.710. The topological polar surface area (TPSA) is 49.3 Å². The number of hydrogen-bond acceptors (Lipinski definition) is 3. The molecular weight excluding hydrogens is 258 g/mol. The van der Waals surface area contributed by atoms with E-state index >= 15 is 0 Å². The summed E-state index contributed by atoms with van der Waals surface area (Å²) in [5.74, 6) is 1.14. The fraction of sp³-hybridized carbons (Fsp3) is 0.417. The zero-order valence-corrected chi connectivity index (χ0v) is 11.3. The number of benzene rings is 1. The molecule has 0 radical (unpaired) electrons. The molecule has 2 N–H and O–H groups in total. The first-order chi connectivity index (χ1) is 8.13. The standard InChI is InChI=1S/C12H16ClNO2S/c1-9-3-4-10(7-11(9)13)14-12(16)8-17-6-2-5-15/h3-4,7,15H,2,5-6,8H2,1H3,(H,14,16). The van der Waals surface area contributed by atoms with Gasteiger partial charge in [0.1, 0.15) is 0 Å². The lowest BCUT2D eigenvalue weighted by atomic mass is 10.2. The molecule has 3 nitrogen and oxygen atoms in total. The van der Waals surface area contributed by atoms with E-state index in [4.69, 9.17) is 16.7 Å². The Balaban J connectivity index is 2.37. The molecule has 1 rings (SSSR count). The van der Waals surface area contributed by atoms with Crippen molar-refractivity contribution in [2.24, 2.45) is 0 Å². The van der Waals surface area contributed by atoms with Gasteiger partial charge in [-0.2, -0.15) is 11.8 Å². The number of amides is 1. The third kappa shape index (κ3) is 5.44. The summed E-state index contributed by atoms with van der Waals surface area (Å²) in [6.07, 6.45) is 0.717.